The van der Waals surface area contributed by atoms with Gasteiger partial charge < -0.3 is 9.80 Å². The summed E-state index contributed by atoms with van der Waals surface area (Å²) in [7, 11) is -3.12. The SMILES string of the molecule is C[Si](C)(C)c1ccc(N(c2ccc(C#N)cc2)c2ccc3c(c2)C2(c4ccccc4-c4ccccc42)c2cccc4c(N(c5ccc(C#N)cc5)c5ccc([Si](C)(C)C)cc5)ccc-3c24)cc1. The molecule has 0 amide bonds. The van der Waals surface area contributed by atoms with E-state index in [1.807, 2.05) is 24.3 Å². The maximum atomic E-state index is 9.81. The third-order valence-corrected chi connectivity index (χ3v) is 18.2. The fourth-order valence-corrected chi connectivity index (χ4v) is 13.1. The van der Waals surface area contributed by atoms with Gasteiger partial charge in [0.2, 0.25) is 0 Å². The first kappa shape index (κ1) is 41.9. The second-order valence-corrected chi connectivity index (χ2v) is 30.2. The predicted molar refractivity (Wildman–Crippen MR) is 285 cm³/mol. The number of fused-ring (bicyclic) bond motifs is 9. The predicted octanol–water partition coefficient (Wildman–Crippen LogP) is 15.0. The smallest absolute Gasteiger partial charge is 0.0991 e. The zero-order valence-corrected chi connectivity index (χ0v) is 40.8. The molecule has 2 aliphatic carbocycles. The van der Waals surface area contributed by atoms with Crippen LogP contribution in [-0.4, -0.2) is 16.1 Å². The van der Waals surface area contributed by atoms with Crippen molar-refractivity contribution in [1.29, 1.82) is 10.5 Å². The van der Waals surface area contributed by atoms with Crippen molar-refractivity contribution in [2.45, 2.75) is 44.7 Å². The van der Waals surface area contributed by atoms with Gasteiger partial charge in [0.05, 0.1) is 50.5 Å². The van der Waals surface area contributed by atoms with Gasteiger partial charge in [-0.05, 0) is 141 Å². The van der Waals surface area contributed by atoms with Crippen molar-refractivity contribution in [2.24, 2.45) is 0 Å². The number of anilines is 6. The molecule has 0 fully saturated rings. The first-order chi connectivity index (χ1) is 32.4. The molecule has 0 unspecified atom stereocenters. The molecule has 9 aromatic carbocycles. The van der Waals surface area contributed by atoms with Crippen molar-refractivity contribution in [2.75, 3.05) is 9.80 Å². The molecule has 0 saturated heterocycles. The molecule has 0 heterocycles. The van der Waals surface area contributed by atoms with Crippen molar-refractivity contribution in [3.8, 4) is 34.4 Å². The Balaban J connectivity index is 1.20. The van der Waals surface area contributed by atoms with Crippen molar-refractivity contribution in [1.82, 2.24) is 0 Å². The van der Waals surface area contributed by atoms with Crippen LogP contribution in [0.1, 0.15) is 33.4 Å². The molecule has 67 heavy (non-hydrogen) atoms. The molecule has 0 aliphatic heterocycles. The molecule has 0 bridgehead atoms. The van der Waals surface area contributed by atoms with E-state index < -0.39 is 21.6 Å². The van der Waals surface area contributed by atoms with Crippen molar-refractivity contribution in [3.63, 3.8) is 0 Å². The lowest BCUT2D eigenvalue weighted by molar-refractivity contribution is 0.773. The zero-order valence-electron chi connectivity index (χ0n) is 38.8. The molecule has 2 aliphatic rings. The molecule has 0 saturated carbocycles. The van der Waals surface area contributed by atoms with Gasteiger partial charge in [0.25, 0.3) is 0 Å². The minimum Gasteiger partial charge on any atom is -0.310 e. The average Bonchev–Trinajstić information content (AvgIpc) is 3.64. The van der Waals surface area contributed by atoms with E-state index in [-0.39, 0.29) is 0 Å². The van der Waals surface area contributed by atoms with Crippen LogP contribution in [0.25, 0.3) is 33.0 Å². The van der Waals surface area contributed by atoms with Gasteiger partial charge in [-0.15, -0.1) is 0 Å². The molecule has 1 spiro atoms. The van der Waals surface area contributed by atoms with Gasteiger partial charge in [-0.1, -0.05) is 153 Å². The van der Waals surface area contributed by atoms with Gasteiger partial charge >= 0.3 is 0 Å². The molecule has 9 aromatic rings. The molecule has 6 heteroatoms. The Morgan fingerprint density at radius 1 is 0.373 bits per heavy atom. The van der Waals surface area contributed by atoms with Gasteiger partial charge in [0.15, 0.2) is 0 Å². The van der Waals surface area contributed by atoms with Crippen molar-refractivity contribution in [3.05, 3.63) is 228 Å². The zero-order chi connectivity index (χ0) is 46.2. The van der Waals surface area contributed by atoms with E-state index in [4.69, 9.17) is 0 Å². The van der Waals surface area contributed by atoms with Crippen molar-refractivity contribution >= 4 is 71.4 Å². The Labute approximate surface area is 396 Å². The number of nitrogens with zero attached hydrogens (tertiary/aromatic N) is 4. The fraction of sp³-hybridized carbons (Fsp3) is 0.115. The van der Waals surface area contributed by atoms with Crippen LogP contribution >= 0.6 is 0 Å². The minimum atomic E-state index is -1.56. The second-order valence-electron chi connectivity index (χ2n) is 20.0. The van der Waals surface area contributed by atoms with Gasteiger partial charge in [0.1, 0.15) is 0 Å². The molecule has 0 N–H and O–H groups in total. The summed E-state index contributed by atoms with van der Waals surface area (Å²) in [6, 6.07) is 75.5. The third-order valence-electron chi connectivity index (χ3n) is 14.1. The standard InChI is InChI=1S/C61H50N4Si2/c1-66(2,3)48-31-26-44(27-32-48)64(43-22-18-41(39-62)19-23-43)47-30-35-52-53-36-37-59(65(45-24-20-42(40-63)21-25-45)46-28-33-49(34-29-46)67(4,5)6)54-14-11-17-57(60(53)54)61(58(52)38-47)55-15-9-7-12-50(55)51-13-8-10-16-56(51)61/h7-38H,1-6H3. The van der Waals surface area contributed by atoms with Gasteiger partial charge in [-0.3, -0.25) is 0 Å². The van der Waals surface area contributed by atoms with Gasteiger partial charge in [0, 0.05) is 33.8 Å². The number of rotatable bonds is 8. The maximum absolute atomic E-state index is 9.81. The molecule has 0 atom stereocenters. The monoisotopic (exact) mass is 894 g/mol. The lowest BCUT2D eigenvalue weighted by atomic mass is 9.61. The number of nitriles is 2. The largest absolute Gasteiger partial charge is 0.310 e. The topological polar surface area (TPSA) is 54.1 Å². The van der Waals surface area contributed by atoms with Crippen LogP contribution < -0.4 is 20.2 Å². The van der Waals surface area contributed by atoms with E-state index in [0.717, 1.165) is 39.5 Å². The molecule has 0 aromatic heterocycles. The fourth-order valence-electron chi connectivity index (χ4n) is 10.8. The summed E-state index contributed by atoms with van der Waals surface area (Å²) in [5.74, 6) is 0. The van der Waals surface area contributed by atoms with Crippen molar-refractivity contribution < 1.29 is 0 Å². The maximum Gasteiger partial charge on any atom is 0.0991 e. The first-order valence-electron chi connectivity index (χ1n) is 23.1. The number of hydrogen-bond acceptors (Lipinski definition) is 4. The van der Waals surface area contributed by atoms with E-state index in [0.29, 0.717) is 11.1 Å². The molecule has 322 valence electrons. The lowest BCUT2D eigenvalue weighted by Gasteiger charge is -2.41. The Morgan fingerprint density at radius 3 is 1.28 bits per heavy atom. The molecule has 0 radical (unpaired) electrons. The van der Waals surface area contributed by atoms with Crippen LogP contribution in [0.5, 0.6) is 0 Å². The Hall–Kier alpha value is -7.75. The van der Waals surface area contributed by atoms with Crippen LogP contribution in [0.2, 0.25) is 39.3 Å². The van der Waals surface area contributed by atoms with E-state index in [1.54, 1.807) is 0 Å². The summed E-state index contributed by atoms with van der Waals surface area (Å²) < 4.78 is 0. The van der Waals surface area contributed by atoms with E-state index >= 15 is 0 Å². The Morgan fingerprint density at radius 2 is 0.791 bits per heavy atom. The second kappa shape index (κ2) is 15.7. The van der Waals surface area contributed by atoms with Crippen LogP contribution in [0, 0.1) is 22.7 Å². The molecular formula is C61H50N4Si2. The minimum absolute atomic E-state index is 0.631. The van der Waals surface area contributed by atoms with Crippen LogP contribution in [0.4, 0.5) is 34.1 Å². The molecular weight excluding hydrogens is 845 g/mol. The van der Waals surface area contributed by atoms with Crippen LogP contribution in [0.3, 0.4) is 0 Å². The Kier molecular flexibility index (Phi) is 9.83. The summed E-state index contributed by atoms with van der Waals surface area (Å²) in [4.78, 5) is 4.71. The normalized spacial score (nSPS) is 13.0. The number of benzene rings is 9. The average molecular weight is 895 g/mol. The highest BCUT2D eigenvalue weighted by molar-refractivity contribution is 6.89. The van der Waals surface area contributed by atoms with Gasteiger partial charge in [-0.25, -0.2) is 0 Å². The summed E-state index contributed by atoms with van der Waals surface area (Å²) in [6.07, 6.45) is 0. The number of hydrogen-bond donors (Lipinski definition) is 0. The van der Waals surface area contributed by atoms with E-state index in [2.05, 4.69) is 231 Å². The highest BCUT2D eigenvalue weighted by atomic mass is 28.3. The van der Waals surface area contributed by atoms with Crippen LogP contribution in [0.15, 0.2) is 194 Å². The highest BCUT2D eigenvalue weighted by Gasteiger charge is 2.50. The van der Waals surface area contributed by atoms with Gasteiger partial charge in [-0.2, -0.15) is 10.5 Å². The summed E-state index contributed by atoms with van der Waals surface area (Å²) >= 11 is 0. The van der Waals surface area contributed by atoms with Crippen LogP contribution in [-0.2, 0) is 5.41 Å². The third kappa shape index (κ3) is 6.67. The summed E-state index contributed by atoms with van der Waals surface area (Å²) in [6.45, 7) is 14.3. The molecule has 11 rings (SSSR count). The highest BCUT2D eigenvalue weighted by Crippen LogP contribution is 2.63. The Bertz CT molecular complexity index is 3450. The summed E-state index contributed by atoms with van der Waals surface area (Å²) in [5, 5.41) is 24.8. The lowest BCUT2D eigenvalue weighted by Crippen LogP contribution is -2.37. The molecule has 4 nitrogen and oxygen atoms in total. The van der Waals surface area contributed by atoms with E-state index in [1.165, 1.54) is 60.3 Å². The first-order valence-corrected chi connectivity index (χ1v) is 30.1. The summed E-state index contributed by atoms with van der Waals surface area (Å²) in [5.41, 5.74) is 16.8. The van der Waals surface area contributed by atoms with E-state index in [9.17, 15) is 10.5 Å². The quantitative estimate of drug-likeness (QED) is 0.143.